The molecule has 1 heterocycles. The molecule has 0 saturated heterocycles. The minimum absolute atomic E-state index is 0.0547. The van der Waals surface area contributed by atoms with Crippen LogP contribution in [-0.4, -0.2) is 9.97 Å². The van der Waals surface area contributed by atoms with E-state index in [0.717, 1.165) is 6.07 Å². The lowest BCUT2D eigenvalue weighted by Gasteiger charge is -2.05. The molecule has 0 fully saturated rings. The van der Waals surface area contributed by atoms with Crippen LogP contribution in [0.5, 0.6) is 0 Å². The van der Waals surface area contributed by atoms with Gasteiger partial charge in [-0.1, -0.05) is 11.6 Å². The van der Waals surface area contributed by atoms with Gasteiger partial charge in [0.1, 0.15) is 16.5 Å². The Hall–Kier alpha value is -1.00. The van der Waals surface area contributed by atoms with Gasteiger partial charge in [0.05, 0.1) is 0 Å². The van der Waals surface area contributed by atoms with E-state index in [9.17, 15) is 8.78 Å². The first-order chi connectivity index (χ1) is 7.00. The number of fused-ring (bicyclic) bond motifs is 1. The number of hydrogen-bond donors (Lipinski definition) is 0. The molecule has 2 nitrogen and oxygen atoms in total. The summed E-state index contributed by atoms with van der Waals surface area (Å²) in [4.78, 5) is 7.30. The zero-order valence-corrected chi connectivity index (χ0v) is 9.00. The Bertz CT molecular complexity index is 558. The van der Waals surface area contributed by atoms with Crippen LogP contribution in [0.4, 0.5) is 8.78 Å². The summed E-state index contributed by atoms with van der Waals surface area (Å²) in [7, 11) is 0. The first kappa shape index (κ1) is 10.5. The van der Waals surface area contributed by atoms with E-state index in [1.165, 1.54) is 6.92 Å². The number of aromatic nitrogens is 2. The van der Waals surface area contributed by atoms with Gasteiger partial charge in [-0.25, -0.2) is 18.7 Å². The normalized spacial score (nSPS) is 11.0. The van der Waals surface area contributed by atoms with Gasteiger partial charge in [-0.05, 0) is 24.1 Å². The van der Waals surface area contributed by atoms with Crippen LogP contribution in [0.15, 0.2) is 6.07 Å². The summed E-state index contributed by atoms with van der Waals surface area (Å²) in [5.41, 5.74) is 0.131. The fourth-order valence-electron chi connectivity index (χ4n) is 1.32. The SMILES string of the molecule is Cc1c(F)cc(F)c2nc(Cl)nc(Cl)c12. The number of benzene rings is 1. The third kappa shape index (κ3) is 1.64. The number of nitrogens with zero attached hydrogens (tertiary/aromatic N) is 2. The zero-order chi connectivity index (χ0) is 11.2. The van der Waals surface area contributed by atoms with E-state index >= 15 is 0 Å². The van der Waals surface area contributed by atoms with Crippen LogP contribution >= 0.6 is 23.2 Å². The lowest BCUT2D eigenvalue weighted by Crippen LogP contribution is -1.95. The van der Waals surface area contributed by atoms with Crippen LogP contribution < -0.4 is 0 Å². The van der Waals surface area contributed by atoms with Crippen molar-refractivity contribution in [2.24, 2.45) is 0 Å². The average molecular weight is 249 g/mol. The van der Waals surface area contributed by atoms with E-state index < -0.39 is 11.6 Å². The van der Waals surface area contributed by atoms with Gasteiger partial charge in [0, 0.05) is 11.5 Å². The number of halogens is 4. The molecule has 0 unspecified atom stereocenters. The highest BCUT2D eigenvalue weighted by atomic mass is 35.5. The van der Waals surface area contributed by atoms with Gasteiger partial charge >= 0.3 is 0 Å². The Kier molecular flexibility index (Phi) is 2.48. The van der Waals surface area contributed by atoms with Crippen LogP contribution in [-0.2, 0) is 0 Å². The van der Waals surface area contributed by atoms with Gasteiger partial charge in [0.15, 0.2) is 5.82 Å². The number of rotatable bonds is 0. The van der Waals surface area contributed by atoms with E-state index in [4.69, 9.17) is 23.2 Å². The van der Waals surface area contributed by atoms with E-state index in [-0.39, 0.29) is 26.9 Å². The van der Waals surface area contributed by atoms with Crippen LogP contribution in [0.25, 0.3) is 10.9 Å². The summed E-state index contributed by atoms with van der Waals surface area (Å²) in [6.45, 7) is 1.47. The molecule has 2 aromatic rings. The molecule has 78 valence electrons. The summed E-state index contributed by atoms with van der Waals surface area (Å²) in [6.07, 6.45) is 0. The number of aryl methyl sites for hydroxylation is 1. The zero-order valence-electron chi connectivity index (χ0n) is 7.48. The molecule has 2 rings (SSSR count). The van der Waals surface area contributed by atoms with Crippen molar-refractivity contribution in [1.82, 2.24) is 9.97 Å². The Morgan fingerprint density at radius 3 is 2.47 bits per heavy atom. The highest BCUT2D eigenvalue weighted by Crippen LogP contribution is 2.28. The average Bonchev–Trinajstić information content (AvgIpc) is 2.13. The first-order valence-electron chi connectivity index (χ1n) is 3.98. The standard InChI is InChI=1S/C9H4Cl2F2N2/c1-3-4(12)2-5(13)7-6(3)8(10)15-9(11)14-7/h2H,1H3. The molecule has 1 aromatic carbocycles. The molecule has 0 atom stereocenters. The largest absolute Gasteiger partial charge is 0.224 e. The van der Waals surface area contributed by atoms with E-state index in [2.05, 4.69) is 9.97 Å². The smallest absolute Gasteiger partial charge is 0.215 e. The first-order valence-corrected chi connectivity index (χ1v) is 4.73. The Morgan fingerprint density at radius 2 is 1.80 bits per heavy atom. The molecule has 0 aliphatic rings. The van der Waals surface area contributed by atoms with Gasteiger partial charge < -0.3 is 0 Å². The minimum Gasteiger partial charge on any atom is -0.215 e. The molecule has 0 aliphatic heterocycles. The van der Waals surface area contributed by atoms with Crippen molar-refractivity contribution >= 4 is 34.1 Å². The van der Waals surface area contributed by atoms with Crippen LogP contribution in [0.1, 0.15) is 5.56 Å². The minimum atomic E-state index is -0.806. The van der Waals surface area contributed by atoms with E-state index in [1.807, 2.05) is 0 Å². The van der Waals surface area contributed by atoms with Crippen LogP contribution in [0.3, 0.4) is 0 Å². The van der Waals surface area contributed by atoms with Gasteiger partial charge in [-0.3, -0.25) is 0 Å². The fourth-order valence-corrected chi connectivity index (χ4v) is 1.84. The summed E-state index contributed by atoms with van der Waals surface area (Å²) in [6, 6.07) is 0.747. The molecule has 1 aromatic heterocycles. The second-order valence-electron chi connectivity index (χ2n) is 2.97. The Labute approximate surface area is 93.9 Å². The predicted molar refractivity (Wildman–Crippen MR) is 54.2 cm³/mol. The molecule has 0 bridgehead atoms. The van der Waals surface area contributed by atoms with E-state index in [1.54, 1.807) is 0 Å². The quantitative estimate of drug-likeness (QED) is 0.527. The van der Waals surface area contributed by atoms with Crippen molar-refractivity contribution in [2.75, 3.05) is 0 Å². The summed E-state index contributed by atoms with van der Waals surface area (Å²) in [5.74, 6) is -1.49. The molecular weight excluding hydrogens is 245 g/mol. The third-order valence-electron chi connectivity index (χ3n) is 2.05. The van der Waals surface area contributed by atoms with Gasteiger partial charge in [-0.15, -0.1) is 0 Å². The summed E-state index contributed by atoms with van der Waals surface area (Å²) in [5, 5.41) is -0.0723. The van der Waals surface area contributed by atoms with Crippen molar-refractivity contribution in [2.45, 2.75) is 6.92 Å². The molecular formula is C9H4Cl2F2N2. The second kappa shape index (κ2) is 3.54. The number of hydrogen-bond acceptors (Lipinski definition) is 2. The molecule has 0 amide bonds. The summed E-state index contributed by atoms with van der Waals surface area (Å²) < 4.78 is 26.5. The molecule has 0 radical (unpaired) electrons. The highest BCUT2D eigenvalue weighted by Gasteiger charge is 2.15. The lowest BCUT2D eigenvalue weighted by atomic mass is 10.1. The van der Waals surface area contributed by atoms with Crippen LogP contribution in [0.2, 0.25) is 10.4 Å². The van der Waals surface area contributed by atoms with Crippen molar-refractivity contribution in [3.63, 3.8) is 0 Å². The molecule has 0 aliphatic carbocycles. The van der Waals surface area contributed by atoms with Gasteiger partial charge in [-0.2, -0.15) is 0 Å². The summed E-state index contributed by atoms with van der Waals surface area (Å²) >= 11 is 11.3. The van der Waals surface area contributed by atoms with Crippen molar-refractivity contribution in [3.05, 3.63) is 33.7 Å². The van der Waals surface area contributed by atoms with Crippen molar-refractivity contribution in [3.8, 4) is 0 Å². The fraction of sp³-hybridized carbons (Fsp3) is 0.111. The Balaban J connectivity index is 3.03. The molecule has 0 spiro atoms. The molecule has 6 heteroatoms. The molecule has 0 saturated carbocycles. The maximum absolute atomic E-state index is 13.3. The van der Waals surface area contributed by atoms with Gasteiger partial charge in [0.2, 0.25) is 5.28 Å². The third-order valence-corrected chi connectivity index (χ3v) is 2.49. The van der Waals surface area contributed by atoms with Crippen molar-refractivity contribution in [1.29, 1.82) is 0 Å². The molecule has 15 heavy (non-hydrogen) atoms. The highest BCUT2D eigenvalue weighted by molar-refractivity contribution is 6.36. The van der Waals surface area contributed by atoms with Gasteiger partial charge in [0.25, 0.3) is 0 Å². The maximum Gasteiger partial charge on any atom is 0.224 e. The topological polar surface area (TPSA) is 25.8 Å². The monoisotopic (exact) mass is 248 g/mol. The lowest BCUT2D eigenvalue weighted by molar-refractivity contribution is 0.584. The Morgan fingerprint density at radius 1 is 1.13 bits per heavy atom. The predicted octanol–water partition coefficient (Wildman–Crippen LogP) is 3.52. The second-order valence-corrected chi connectivity index (χ2v) is 3.67. The van der Waals surface area contributed by atoms with E-state index in [0.29, 0.717) is 0 Å². The van der Waals surface area contributed by atoms with Crippen LogP contribution in [0, 0.1) is 18.6 Å². The molecule has 0 N–H and O–H groups in total. The maximum atomic E-state index is 13.3. The van der Waals surface area contributed by atoms with Crippen molar-refractivity contribution < 1.29 is 8.78 Å².